The number of allylic oxidation sites excluding steroid dienone is 4. The van der Waals surface area contributed by atoms with Crippen molar-refractivity contribution in [3.05, 3.63) is 95.1 Å². The first kappa shape index (κ1) is 46.2. The standard InChI is InChI=1S/C48H56N4O12/c1-25(49-39(58)15-17-52-40(59)12-13-41(52)60)44(61)50-26(2)45(62)51-31-7-5-6-27(19-31)18-28-8-9-29(20-35(28)55)46(63)64-38-22-34-33-11-10-30-21-32(54)14-16-47(30,3)42(33)36(56)23-48(34,4)43(38)37(57)24-53/h5-9,12-14,16,19-21,25-26,33-34,36,38,42-43,46,53,55-56,63H,10-11,15,17-18,22-24H2,1-4H3,(H,49,58)(H,50,61)(H,51,62)/t25-,26-,33-,34-,36-,38+,42+,43-,46-,47-,48-/m0/s1. The number of fused-ring (bicyclic) bond motifs is 5. The lowest BCUT2D eigenvalue weighted by atomic mass is 9.46. The number of aliphatic hydroxyl groups is 3. The maximum Gasteiger partial charge on any atom is 0.253 e. The second-order valence-electron chi connectivity index (χ2n) is 18.4. The van der Waals surface area contributed by atoms with Crippen molar-refractivity contribution >= 4 is 46.8 Å². The summed E-state index contributed by atoms with van der Waals surface area (Å²) in [5.41, 5.74) is 1.69. The number of aliphatic hydroxyl groups excluding tert-OH is 3. The van der Waals surface area contributed by atoms with Crippen LogP contribution in [0.1, 0.15) is 82.8 Å². The van der Waals surface area contributed by atoms with Crippen LogP contribution < -0.4 is 16.0 Å². The minimum atomic E-state index is -1.52. The fourth-order valence-electron chi connectivity index (χ4n) is 11.1. The van der Waals surface area contributed by atoms with Crippen LogP contribution in [0, 0.1) is 34.5 Å². The van der Waals surface area contributed by atoms with Crippen LogP contribution >= 0.6 is 0 Å². The van der Waals surface area contributed by atoms with Crippen LogP contribution in [0.5, 0.6) is 5.75 Å². The lowest BCUT2D eigenvalue weighted by molar-refractivity contribution is -0.167. The van der Waals surface area contributed by atoms with Gasteiger partial charge in [-0.25, -0.2) is 0 Å². The Morgan fingerprint density at radius 3 is 2.38 bits per heavy atom. The summed E-state index contributed by atoms with van der Waals surface area (Å²) in [6.07, 6.45) is 6.48. The number of carbonyl (C=O) groups excluding carboxylic acids is 7. The van der Waals surface area contributed by atoms with Gasteiger partial charge in [-0.15, -0.1) is 0 Å². The molecule has 5 aliphatic rings. The lowest BCUT2D eigenvalue weighted by Gasteiger charge is -2.58. The largest absolute Gasteiger partial charge is 0.508 e. The van der Waals surface area contributed by atoms with Gasteiger partial charge < -0.3 is 41.1 Å². The summed E-state index contributed by atoms with van der Waals surface area (Å²) >= 11 is 0. The Bertz CT molecular complexity index is 2320. The van der Waals surface area contributed by atoms with Gasteiger partial charge in [-0.3, -0.25) is 38.5 Å². The van der Waals surface area contributed by atoms with Crippen LogP contribution in [-0.4, -0.2) is 104 Å². The van der Waals surface area contributed by atoms with Crippen LogP contribution in [0.15, 0.2) is 78.4 Å². The lowest BCUT2D eigenvalue weighted by Crippen LogP contribution is -2.56. The number of carbonyl (C=O) groups is 7. The van der Waals surface area contributed by atoms with Crippen LogP contribution in [0.3, 0.4) is 0 Å². The number of Topliss-reactive ketones (excluding diaryl/α,β-unsaturated/α-hetero) is 1. The maximum absolute atomic E-state index is 13.5. The first-order chi connectivity index (χ1) is 30.3. The molecule has 3 saturated carbocycles. The first-order valence-corrected chi connectivity index (χ1v) is 21.8. The van der Waals surface area contributed by atoms with Gasteiger partial charge >= 0.3 is 0 Å². The summed E-state index contributed by atoms with van der Waals surface area (Å²) in [5.74, 6) is -4.39. The molecule has 16 heteroatoms. The van der Waals surface area contributed by atoms with Gasteiger partial charge in [0.15, 0.2) is 17.9 Å². The Morgan fingerprint density at radius 2 is 1.67 bits per heavy atom. The molecule has 2 aromatic rings. The summed E-state index contributed by atoms with van der Waals surface area (Å²) in [6.45, 7) is 6.10. The number of rotatable bonds is 15. The highest BCUT2D eigenvalue weighted by molar-refractivity contribution is 6.13. The molecule has 0 unspecified atom stereocenters. The van der Waals surface area contributed by atoms with Crippen LogP contribution in [0.25, 0.3) is 0 Å². The number of anilines is 1. The number of hydrogen-bond donors (Lipinski definition) is 7. The van der Waals surface area contributed by atoms with Crippen LogP contribution in [-0.2, 0) is 44.7 Å². The number of phenolic OH excluding ortho intramolecular Hbond substituents is 1. The maximum atomic E-state index is 13.5. The Hall–Kier alpha value is -5.81. The highest BCUT2D eigenvalue weighted by Crippen LogP contribution is 2.66. The van der Waals surface area contributed by atoms with Gasteiger partial charge in [0.05, 0.1) is 18.1 Å². The smallest absolute Gasteiger partial charge is 0.253 e. The summed E-state index contributed by atoms with van der Waals surface area (Å²) in [6, 6.07) is 9.54. The number of nitrogens with zero attached hydrogens (tertiary/aromatic N) is 1. The van der Waals surface area contributed by atoms with Crippen molar-refractivity contribution in [3.8, 4) is 5.75 Å². The topological polar surface area (TPSA) is 249 Å². The fourth-order valence-corrected chi connectivity index (χ4v) is 11.1. The predicted octanol–water partition coefficient (Wildman–Crippen LogP) is 2.69. The van der Waals surface area contributed by atoms with E-state index in [1.54, 1.807) is 48.6 Å². The number of aromatic hydroxyl groups is 1. The molecule has 4 aliphatic carbocycles. The van der Waals surface area contributed by atoms with Crippen LogP contribution in [0.2, 0.25) is 0 Å². The number of nitrogens with one attached hydrogen (secondary N) is 3. The van der Waals surface area contributed by atoms with Gasteiger partial charge in [0.25, 0.3) is 11.8 Å². The van der Waals surface area contributed by atoms with E-state index in [0.717, 1.165) is 34.6 Å². The third kappa shape index (κ3) is 9.09. The molecule has 0 aromatic heterocycles. The Balaban J connectivity index is 0.946. The Labute approximate surface area is 370 Å². The van der Waals surface area contributed by atoms with E-state index in [2.05, 4.69) is 22.9 Å². The van der Waals surface area contributed by atoms with E-state index in [0.29, 0.717) is 30.5 Å². The first-order valence-electron chi connectivity index (χ1n) is 21.8. The van der Waals surface area contributed by atoms with Gasteiger partial charge in [0.1, 0.15) is 24.4 Å². The third-order valence-electron chi connectivity index (χ3n) is 14.3. The SMILES string of the molecule is C[C@H](NC(=O)CCN1C(=O)C=CC1=O)C(=O)N[C@@H](C)C(=O)Nc1cccc(Cc2ccc([C@@H](O)O[C@@H]3C[C@H]4[C@@H]5CCC6=CC(=O)C=C[C@]6(C)[C@H]5[C@@H](O)C[C@]4(C)[C@H]3C(=O)CO)cc2O)c1. The van der Waals surface area contributed by atoms with Gasteiger partial charge in [0, 0.05) is 54.1 Å². The molecule has 0 radical (unpaired) electrons. The van der Waals surface area contributed by atoms with Crippen molar-refractivity contribution in [2.75, 3.05) is 18.5 Å². The summed E-state index contributed by atoms with van der Waals surface area (Å²) in [4.78, 5) is 88.2. The second kappa shape index (κ2) is 18.4. The number of benzene rings is 2. The van der Waals surface area contributed by atoms with E-state index in [1.807, 2.05) is 13.0 Å². The second-order valence-corrected chi connectivity index (χ2v) is 18.4. The molecule has 340 valence electrons. The van der Waals surface area contributed by atoms with Gasteiger partial charge in [-0.05, 0) is 98.3 Å². The van der Waals surface area contributed by atoms with Crippen molar-refractivity contribution in [3.63, 3.8) is 0 Å². The van der Waals surface area contributed by atoms with E-state index in [-0.39, 0.29) is 54.2 Å². The average Bonchev–Trinajstić information content (AvgIpc) is 3.72. The normalized spacial score (nSPS) is 29.5. The number of hydrogen-bond acceptors (Lipinski definition) is 12. The number of ketones is 2. The molecule has 3 fully saturated rings. The molecule has 64 heavy (non-hydrogen) atoms. The fraction of sp³-hybridized carbons (Fsp3) is 0.479. The minimum absolute atomic E-state index is 0.00242. The molecular weight excluding hydrogens is 825 g/mol. The molecule has 16 nitrogen and oxygen atoms in total. The predicted molar refractivity (Wildman–Crippen MR) is 230 cm³/mol. The van der Waals surface area contributed by atoms with E-state index < -0.39 is 89.3 Å². The third-order valence-corrected chi connectivity index (χ3v) is 14.3. The minimum Gasteiger partial charge on any atom is -0.508 e. The number of phenols is 1. The highest BCUT2D eigenvalue weighted by atomic mass is 16.6. The van der Waals surface area contributed by atoms with Gasteiger partial charge in [0.2, 0.25) is 17.7 Å². The Kier molecular flexibility index (Phi) is 13.2. The molecule has 1 aliphatic heterocycles. The Morgan fingerprint density at radius 1 is 0.953 bits per heavy atom. The monoisotopic (exact) mass is 880 g/mol. The summed E-state index contributed by atoms with van der Waals surface area (Å²) < 4.78 is 6.28. The highest BCUT2D eigenvalue weighted by Gasteiger charge is 2.65. The molecule has 7 rings (SSSR count). The van der Waals surface area contributed by atoms with Crippen molar-refractivity contribution < 1.29 is 58.7 Å². The zero-order valence-electron chi connectivity index (χ0n) is 36.3. The summed E-state index contributed by atoms with van der Waals surface area (Å²) in [5, 5.41) is 52.2. The average molecular weight is 881 g/mol. The van der Waals surface area contributed by atoms with E-state index in [9.17, 15) is 54.0 Å². The van der Waals surface area contributed by atoms with E-state index in [1.165, 1.54) is 19.9 Å². The molecule has 7 N–H and O–H groups in total. The zero-order valence-corrected chi connectivity index (χ0v) is 36.3. The quantitative estimate of drug-likeness (QED) is 0.101. The van der Waals surface area contributed by atoms with Crippen molar-refractivity contribution in [1.29, 1.82) is 0 Å². The molecule has 1 heterocycles. The van der Waals surface area contributed by atoms with Gasteiger partial charge in [-0.2, -0.15) is 0 Å². The molecule has 0 bridgehead atoms. The molecule has 11 atom stereocenters. The van der Waals surface area contributed by atoms with Crippen LogP contribution in [0.4, 0.5) is 5.69 Å². The molecule has 0 saturated heterocycles. The molecular formula is C48H56N4O12. The van der Waals surface area contributed by atoms with Crippen molar-refractivity contribution in [1.82, 2.24) is 15.5 Å². The van der Waals surface area contributed by atoms with E-state index in [4.69, 9.17) is 4.74 Å². The molecule has 0 spiro atoms. The number of imide groups is 1. The van der Waals surface area contributed by atoms with E-state index >= 15 is 0 Å². The number of amides is 5. The molecule has 2 aromatic carbocycles. The number of ether oxygens (including phenoxy) is 1. The molecule has 5 amide bonds. The van der Waals surface area contributed by atoms with Crippen molar-refractivity contribution in [2.24, 2.45) is 34.5 Å². The zero-order chi connectivity index (χ0) is 46.2. The van der Waals surface area contributed by atoms with Crippen molar-refractivity contribution in [2.45, 2.75) is 96.8 Å². The van der Waals surface area contributed by atoms with Gasteiger partial charge in [-0.1, -0.05) is 49.8 Å². The summed E-state index contributed by atoms with van der Waals surface area (Å²) in [7, 11) is 0.